The molecule has 0 unspecified atom stereocenters. The fraction of sp³-hybridized carbons (Fsp3) is 0.320. The van der Waals surface area contributed by atoms with Crippen molar-refractivity contribution in [1.29, 1.82) is 0 Å². The average molecular weight is 433 g/mol. The number of likely N-dealkylation sites (tertiary alicyclic amines) is 1. The van der Waals surface area contributed by atoms with Gasteiger partial charge in [0, 0.05) is 30.2 Å². The molecule has 0 spiro atoms. The molecule has 1 aromatic heterocycles. The predicted octanol–water partition coefficient (Wildman–Crippen LogP) is 3.69. The van der Waals surface area contributed by atoms with E-state index in [4.69, 9.17) is 4.74 Å². The molecular weight excluding hydrogens is 404 g/mol. The lowest BCUT2D eigenvalue weighted by Crippen LogP contribution is -2.40. The second-order valence-electron chi connectivity index (χ2n) is 8.11. The van der Waals surface area contributed by atoms with Crippen LogP contribution in [0.5, 0.6) is 0 Å². The first kappa shape index (κ1) is 21.8. The number of hydrogen-bond donors (Lipinski definition) is 1. The quantitative estimate of drug-likeness (QED) is 0.577. The Bertz CT molecular complexity index is 1040. The number of piperidine rings is 1. The van der Waals surface area contributed by atoms with Crippen molar-refractivity contribution < 1.29 is 14.3 Å². The summed E-state index contributed by atoms with van der Waals surface area (Å²) in [5.74, 6) is 1.13. The van der Waals surface area contributed by atoms with Crippen LogP contribution in [0, 0.1) is 5.92 Å². The molecule has 1 aliphatic rings. The van der Waals surface area contributed by atoms with E-state index in [9.17, 15) is 9.59 Å². The summed E-state index contributed by atoms with van der Waals surface area (Å²) in [5, 5.41) is 2.90. The summed E-state index contributed by atoms with van der Waals surface area (Å²) in [4.78, 5) is 30.7. The summed E-state index contributed by atoms with van der Waals surface area (Å²) in [6.07, 6.45) is 6.01. The molecule has 2 heterocycles. The minimum Gasteiger partial charge on any atom is -0.465 e. The second kappa shape index (κ2) is 10.2. The molecule has 4 rings (SSSR count). The summed E-state index contributed by atoms with van der Waals surface area (Å²) < 4.78 is 6.93. The molecule has 1 amide bonds. The van der Waals surface area contributed by atoms with Gasteiger partial charge in [0.15, 0.2) is 0 Å². The molecule has 2 aromatic carbocycles. The third-order valence-corrected chi connectivity index (χ3v) is 5.87. The molecule has 0 aliphatic carbocycles. The summed E-state index contributed by atoms with van der Waals surface area (Å²) in [6, 6.07) is 17.0. The number of amides is 1. The Kier molecular flexibility index (Phi) is 6.97. The van der Waals surface area contributed by atoms with Gasteiger partial charge < -0.3 is 14.6 Å². The van der Waals surface area contributed by atoms with Crippen LogP contribution in [0.3, 0.4) is 0 Å². The fourth-order valence-corrected chi connectivity index (χ4v) is 4.12. The number of benzene rings is 2. The molecule has 1 saturated heterocycles. The van der Waals surface area contributed by atoms with E-state index in [2.05, 4.69) is 31.9 Å². The van der Waals surface area contributed by atoms with Gasteiger partial charge in [-0.2, -0.15) is 0 Å². The number of hydrogen-bond acceptors (Lipinski definition) is 5. The molecule has 7 heteroatoms. The van der Waals surface area contributed by atoms with Crippen LogP contribution in [0.4, 0.5) is 5.69 Å². The molecule has 1 fully saturated rings. The number of rotatable bonds is 7. The molecule has 3 aromatic rings. The van der Waals surface area contributed by atoms with E-state index in [1.807, 2.05) is 30.6 Å². The van der Waals surface area contributed by atoms with E-state index in [1.165, 1.54) is 7.11 Å². The number of carbonyl (C=O) groups excluding carboxylic acids is 2. The average Bonchev–Trinajstić information content (AvgIpc) is 3.29. The van der Waals surface area contributed by atoms with Crippen LogP contribution in [0.25, 0.3) is 11.4 Å². The molecule has 1 N–H and O–H groups in total. The monoisotopic (exact) mass is 432 g/mol. The third-order valence-electron chi connectivity index (χ3n) is 5.87. The zero-order chi connectivity index (χ0) is 22.3. The normalized spacial score (nSPS) is 14.8. The van der Waals surface area contributed by atoms with E-state index in [0.29, 0.717) is 23.7 Å². The lowest BCUT2D eigenvalue weighted by Gasteiger charge is -2.31. The van der Waals surface area contributed by atoms with Gasteiger partial charge >= 0.3 is 5.97 Å². The number of imidazole rings is 1. The molecule has 0 saturated carbocycles. The number of nitrogens with zero attached hydrogens (tertiary/aromatic N) is 3. The van der Waals surface area contributed by atoms with Gasteiger partial charge in [0.2, 0.25) is 5.91 Å². The Morgan fingerprint density at radius 2 is 1.78 bits per heavy atom. The first-order valence-corrected chi connectivity index (χ1v) is 10.9. The number of anilines is 1. The highest BCUT2D eigenvalue weighted by Gasteiger charge is 2.22. The van der Waals surface area contributed by atoms with Crippen LogP contribution in [0.1, 0.15) is 23.2 Å². The molecular formula is C25H28N4O3. The minimum absolute atomic E-state index is 0.0461. The van der Waals surface area contributed by atoms with Crippen LogP contribution < -0.4 is 5.32 Å². The van der Waals surface area contributed by atoms with Crippen LogP contribution in [-0.4, -0.2) is 53.1 Å². The maximum atomic E-state index is 12.4. The zero-order valence-electron chi connectivity index (χ0n) is 18.2. The third kappa shape index (κ3) is 5.42. The number of esters is 1. The molecule has 166 valence electrons. The van der Waals surface area contributed by atoms with E-state index < -0.39 is 5.97 Å². The maximum absolute atomic E-state index is 12.4. The van der Waals surface area contributed by atoms with Crippen LogP contribution in [0.2, 0.25) is 0 Å². The van der Waals surface area contributed by atoms with Crippen molar-refractivity contribution in [2.45, 2.75) is 19.4 Å². The fourth-order valence-electron chi connectivity index (χ4n) is 4.12. The van der Waals surface area contributed by atoms with E-state index in [1.54, 1.807) is 24.3 Å². The Balaban J connectivity index is 1.24. The summed E-state index contributed by atoms with van der Waals surface area (Å²) in [7, 11) is 1.35. The summed E-state index contributed by atoms with van der Waals surface area (Å²) in [6.45, 7) is 3.10. The van der Waals surface area contributed by atoms with E-state index in [0.717, 1.165) is 43.9 Å². The van der Waals surface area contributed by atoms with Gasteiger partial charge in [-0.3, -0.25) is 9.69 Å². The van der Waals surface area contributed by atoms with Gasteiger partial charge in [-0.1, -0.05) is 30.3 Å². The lowest BCUT2D eigenvalue weighted by atomic mass is 9.96. The number of methoxy groups -OCH3 is 1. The molecule has 32 heavy (non-hydrogen) atoms. The van der Waals surface area contributed by atoms with Crippen molar-refractivity contribution in [3.05, 3.63) is 72.6 Å². The van der Waals surface area contributed by atoms with Crippen molar-refractivity contribution >= 4 is 17.6 Å². The summed E-state index contributed by atoms with van der Waals surface area (Å²) in [5.41, 5.74) is 2.26. The Morgan fingerprint density at radius 3 is 2.47 bits per heavy atom. The van der Waals surface area contributed by atoms with Crippen molar-refractivity contribution in [3.8, 4) is 11.4 Å². The first-order valence-electron chi connectivity index (χ1n) is 10.9. The van der Waals surface area contributed by atoms with Crippen molar-refractivity contribution in [3.63, 3.8) is 0 Å². The topological polar surface area (TPSA) is 76.5 Å². The maximum Gasteiger partial charge on any atom is 0.337 e. The lowest BCUT2D eigenvalue weighted by molar-refractivity contribution is -0.117. The van der Waals surface area contributed by atoms with Gasteiger partial charge in [-0.15, -0.1) is 0 Å². The zero-order valence-corrected chi connectivity index (χ0v) is 18.2. The highest BCUT2D eigenvalue weighted by atomic mass is 16.5. The molecule has 7 nitrogen and oxygen atoms in total. The van der Waals surface area contributed by atoms with Crippen molar-refractivity contribution in [2.24, 2.45) is 5.92 Å². The Labute approximate surface area is 188 Å². The second-order valence-corrected chi connectivity index (χ2v) is 8.11. The Morgan fingerprint density at radius 1 is 1.06 bits per heavy atom. The standard InChI is InChI=1S/C25H28N4O3/c1-32-25(31)21-7-9-22(10-8-21)27-23(30)18-28-14-11-19(12-15-28)17-29-16-13-26-24(29)20-5-3-2-4-6-20/h2-10,13,16,19H,11-12,14-15,17-18H2,1H3,(H,27,30). The van der Waals surface area contributed by atoms with Crippen LogP contribution in [-0.2, 0) is 16.1 Å². The van der Waals surface area contributed by atoms with E-state index in [-0.39, 0.29) is 5.91 Å². The molecule has 0 atom stereocenters. The van der Waals surface area contributed by atoms with Crippen LogP contribution in [0.15, 0.2) is 67.0 Å². The number of ether oxygens (including phenoxy) is 1. The van der Waals surface area contributed by atoms with Gasteiger partial charge in [0.05, 0.1) is 19.2 Å². The van der Waals surface area contributed by atoms with Crippen molar-refractivity contribution in [1.82, 2.24) is 14.5 Å². The van der Waals surface area contributed by atoms with Crippen molar-refractivity contribution in [2.75, 3.05) is 32.1 Å². The highest BCUT2D eigenvalue weighted by Crippen LogP contribution is 2.23. The Hall–Kier alpha value is -3.45. The highest BCUT2D eigenvalue weighted by molar-refractivity contribution is 5.94. The number of carbonyl (C=O) groups is 2. The van der Waals surface area contributed by atoms with Gasteiger partial charge in [-0.05, 0) is 56.1 Å². The molecule has 0 radical (unpaired) electrons. The van der Waals surface area contributed by atoms with Crippen LogP contribution >= 0.6 is 0 Å². The SMILES string of the molecule is COC(=O)c1ccc(NC(=O)CN2CCC(Cn3ccnc3-c3ccccc3)CC2)cc1. The smallest absolute Gasteiger partial charge is 0.337 e. The largest absolute Gasteiger partial charge is 0.465 e. The first-order chi connectivity index (χ1) is 15.6. The van der Waals surface area contributed by atoms with E-state index >= 15 is 0 Å². The minimum atomic E-state index is -0.391. The molecule has 1 aliphatic heterocycles. The van der Waals surface area contributed by atoms with Gasteiger partial charge in [-0.25, -0.2) is 9.78 Å². The molecule has 0 bridgehead atoms. The predicted molar refractivity (Wildman–Crippen MR) is 123 cm³/mol. The summed E-state index contributed by atoms with van der Waals surface area (Å²) >= 11 is 0. The number of nitrogens with one attached hydrogen (secondary N) is 1. The number of aromatic nitrogens is 2. The van der Waals surface area contributed by atoms with Gasteiger partial charge in [0.25, 0.3) is 0 Å². The van der Waals surface area contributed by atoms with Gasteiger partial charge in [0.1, 0.15) is 5.82 Å².